The summed E-state index contributed by atoms with van der Waals surface area (Å²) in [6, 6.07) is 17.0. The zero-order chi connectivity index (χ0) is 21.0. The van der Waals surface area contributed by atoms with Crippen molar-refractivity contribution >= 4 is 62.4 Å². The second-order valence-electron chi connectivity index (χ2n) is 6.10. The van der Waals surface area contributed by atoms with Crippen molar-refractivity contribution in [3.05, 3.63) is 81.1 Å². The Morgan fingerprint density at radius 3 is 2.48 bits per heavy atom. The van der Waals surface area contributed by atoms with Crippen LogP contribution in [0.25, 0.3) is 0 Å². The molecule has 2 unspecified atom stereocenters. The van der Waals surface area contributed by atoms with Gasteiger partial charge in [0.15, 0.2) is 0 Å². The molecule has 3 aromatic rings. The van der Waals surface area contributed by atoms with Crippen molar-refractivity contribution in [2.24, 2.45) is 0 Å². The molecular weight excluding hydrogens is 451 g/mol. The summed E-state index contributed by atoms with van der Waals surface area (Å²) in [6.07, 6.45) is 0.670. The molecule has 152 valence electrons. The van der Waals surface area contributed by atoms with E-state index < -0.39 is 17.2 Å². The Hall–Kier alpha value is -1.90. The van der Waals surface area contributed by atoms with E-state index in [1.54, 1.807) is 12.1 Å². The number of hydrogen-bond donors (Lipinski definition) is 1. The molecule has 1 amide bonds. The van der Waals surface area contributed by atoms with Crippen LogP contribution in [-0.2, 0) is 11.3 Å². The number of carbonyl (C=O) groups excluding carboxylic acids is 1. The molecule has 3 rings (SSSR count). The Balaban J connectivity index is 1.99. The summed E-state index contributed by atoms with van der Waals surface area (Å²) in [5, 5.41) is 3.67. The van der Waals surface area contributed by atoms with Crippen LogP contribution in [0.4, 0.5) is 10.7 Å². The molecule has 0 saturated heterocycles. The Kier molecular flexibility index (Phi) is 7.32. The van der Waals surface area contributed by atoms with Crippen molar-refractivity contribution in [1.82, 2.24) is 5.32 Å². The van der Waals surface area contributed by atoms with Gasteiger partial charge in [-0.1, -0.05) is 60.5 Å². The Bertz CT molecular complexity index is 1030. The highest BCUT2D eigenvalue weighted by atomic mass is 35.5. The van der Waals surface area contributed by atoms with Crippen LogP contribution >= 0.6 is 34.5 Å². The van der Waals surface area contributed by atoms with Gasteiger partial charge < -0.3 is 9.87 Å². The smallest absolute Gasteiger partial charge is 0.253 e. The molecule has 2 aromatic carbocycles. The van der Waals surface area contributed by atoms with Crippen LogP contribution < -0.4 is 9.62 Å². The number of benzene rings is 2. The van der Waals surface area contributed by atoms with Crippen LogP contribution in [0.2, 0.25) is 9.36 Å². The fourth-order valence-electron chi connectivity index (χ4n) is 2.90. The number of halogens is 2. The summed E-state index contributed by atoms with van der Waals surface area (Å²) in [4.78, 5) is 13.1. The van der Waals surface area contributed by atoms with Gasteiger partial charge >= 0.3 is 0 Å². The molecule has 1 N–H and O–H groups in total. The molecule has 0 aliphatic rings. The van der Waals surface area contributed by atoms with Crippen LogP contribution in [-0.4, -0.2) is 14.7 Å². The van der Waals surface area contributed by atoms with Gasteiger partial charge in [0.1, 0.15) is 5.00 Å². The molecule has 29 heavy (non-hydrogen) atoms. The van der Waals surface area contributed by atoms with Crippen molar-refractivity contribution in [3.8, 4) is 0 Å². The van der Waals surface area contributed by atoms with Crippen molar-refractivity contribution in [2.45, 2.75) is 19.4 Å². The fraction of sp³-hybridized carbons (Fsp3) is 0.150. The average molecular weight is 468 g/mol. The summed E-state index contributed by atoms with van der Waals surface area (Å²) < 4.78 is 25.5. The number of carbonyl (C=O) groups is 1. The molecule has 0 spiro atoms. The van der Waals surface area contributed by atoms with Crippen molar-refractivity contribution in [2.75, 3.05) is 4.31 Å². The fourth-order valence-corrected chi connectivity index (χ4v) is 4.84. The van der Waals surface area contributed by atoms with Gasteiger partial charge in [0, 0.05) is 5.02 Å². The van der Waals surface area contributed by atoms with Crippen molar-refractivity contribution < 1.29 is 13.6 Å². The lowest BCUT2D eigenvalue weighted by Crippen LogP contribution is -2.30. The normalized spacial score (nSPS) is 13.0. The highest BCUT2D eigenvalue weighted by Gasteiger charge is 2.23. The van der Waals surface area contributed by atoms with E-state index in [1.165, 1.54) is 18.2 Å². The predicted molar refractivity (Wildman–Crippen MR) is 119 cm³/mol. The quantitative estimate of drug-likeness (QED) is 0.441. The van der Waals surface area contributed by atoms with E-state index in [4.69, 9.17) is 23.2 Å². The summed E-state index contributed by atoms with van der Waals surface area (Å²) in [5.74, 6) is -0.420. The minimum absolute atomic E-state index is 0.153. The number of rotatable bonds is 7. The van der Waals surface area contributed by atoms with Gasteiger partial charge in [0.25, 0.3) is 5.91 Å². The van der Waals surface area contributed by atoms with E-state index in [0.717, 1.165) is 21.2 Å². The maximum Gasteiger partial charge on any atom is 0.253 e. The van der Waals surface area contributed by atoms with Crippen LogP contribution in [0.3, 0.4) is 0 Å². The molecule has 0 aliphatic carbocycles. The van der Waals surface area contributed by atoms with Gasteiger partial charge in [-0.15, -0.1) is 11.3 Å². The lowest BCUT2D eigenvalue weighted by atomic mass is 10.0. The van der Waals surface area contributed by atoms with E-state index in [0.29, 0.717) is 20.8 Å². The van der Waals surface area contributed by atoms with Gasteiger partial charge in [0.05, 0.1) is 32.9 Å². The number of thiophene rings is 1. The van der Waals surface area contributed by atoms with E-state index >= 15 is 0 Å². The third-order valence-electron chi connectivity index (χ3n) is 4.25. The molecule has 9 heteroatoms. The standard InChI is InChI=1S/C20H18Cl2N2O3S2/c1-2-16(13-6-4-3-5-7-13)23-20(25)15-12-14(21)8-9-17(15)24(29(26)27)19-11-10-18(22)28-19/h3-12,16H,2H2,1H3,(H,23,25)(H,26,27)/p-1. The van der Waals surface area contributed by atoms with Crippen LogP contribution in [0, 0.1) is 0 Å². The first-order valence-corrected chi connectivity index (χ1v) is 11.3. The third-order valence-corrected chi connectivity index (χ3v) is 6.50. The highest BCUT2D eigenvalue weighted by molar-refractivity contribution is 7.81. The maximum absolute atomic E-state index is 13.1. The minimum atomic E-state index is -2.66. The Morgan fingerprint density at radius 1 is 1.17 bits per heavy atom. The lowest BCUT2D eigenvalue weighted by molar-refractivity contribution is 0.0936. The topological polar surface area (TPSA) is 72.5 Å². The third kappa shape index (κ3) is 5.18. The van der Waals surface area contributed by atoms with Crippen molar-refractivity contribution in [3.63, 3.8) is 0 Å². The first-order valence-electron chi connectivity index (χ1n) is 8.71. The molecular formula is C20H17Cl2N2O3S2-. The van der Waals surface area contributed by atoms with E-state index in [2.05, 4.69) is 5.32 Å². The highest BCUT2D eigenvalue weighted by Crippen LogP contribution is 2.37. The summed E-state index contributed by atoms with van der Waals surface area (Å²) >= 11 is 10.5. The van der Waals surface area contributed by atoms with Gasteiger partial charge in [-0.3, -0.25) is 13.3 Å². The number of nitrogens with zero attached hydrogens (tertiary/aromatic N) is 1. The average Bonchev–Trinajstić information content (AvgIpc) is 3.13. The summed E-state index contributed by atoms with van der Waals surface area (Å²) in [7, 11) is 0. The first-order chi connectivity index (χ1) is 13.9. The van der Waals surface area contributed by atoms with Crippen molar-refractivity contribution in [1.29, 1.82) is 0 Å². The lowest BCUT2D eigenvalue weighted by Gasteiger charge is -2.27. The number of hydrogen-bond acceptors (Lipinski definition) is 4. The molecule has 1 heterocycles. The zero-order valence-corrected chi connectivity index (χ0v) is 18.4. The first kappa shape index (κ1) is 21.8. The summed E-state index contributed by atoms with van der Waals surface area (Å²) in [5.41, 5.74) is 1.31. The second kappa shape index (κ2) is 9.73. The van der Waals surface area contributed by atoms with E-state index in [-0.39, 0.29) is 17.3 Å². The molecule has 0 aliphatic heterocycles. The molecule has 2 atom stereocenters. The Labute approximate surface area is 185 Å². The number of amides is 1. The monoisotopic (exact) mass is 467 g/mol. The molecule has 5 nitrogen and oxygen atoms in total. The van der Waals surface area contributed by atoms with Gasteiger partial charge in [-0.25, -0.2) is 0 Å². The van der Waals surface area contributed by atoms with E-state index in [1.807, 2.05) is 37.3 Å². The van der Waals surface area contributed by atoms with Crippen LogP contribution in [0.1, 0.15) is 35.3 Å². The second-order valence-corrected chi connectivity index (χ2v) is 9.03. The molecule has 1 aromatic heterocycles. The molecule has 0 bridgehead atoms. The number of nitrogens with one attached hydrogen (secondary N) is 1. The largest absolute Gasteiger partial charge is 0.755 e. The molecule has 0 radical (unpaired) electrons. The Morgan fingerprint density at radius 2 is 1.90 bits per heavy atom. The van der Waals surface area contributed by atoms with E-state index in [9.17, 15) is 13.6 Å². The minimum Gasteiger partial charge on any atom is -0.755 e. The molecule has 0 fully saturated rings. The van der Waals surface area contributed by atoms with Crippen LogP contribution in [0.5, 0.6) is 0 Å². The molecule has 0 saturated carbocycles. The maximum atomic E-state index is 13.1. The number of anilines is 2. The SMILES string of the molecule is CCC(NC(=O)c1cc(Cl)ccc1N(c1ccc(Cl)s1)S(=O)[O-])c1ccccc1. The van der Waals surface area contributed by atoms with Crippen LogP contribution in [0.15, 0.2) is 60.7 Å². The van der Waals surface area contributed by atoms with Gasteiger partial charge in [-0.2, -0.15) is 0 Å². The predicted octanol–water partition coefficient (Wildman–Crippen LogP) is 5.87. The zero-order valence-electron chi connectivity index (χ0n) is 15.3. The van der Waals surface area contributed by atoms with Gasteiger partial charge in [0.2, 0.25) is 0 Å². The summed E-state index contributed by atoms with van der Waals surface area (Å²) in [6.45, 7) is 1.96. The van der Waals surface area contributed by atoms with Gasteiger partial charge in [-0.05, 0) is 42.3 Å².